The van der Waals surface area contributed by atoms with Crippen molar-refractivity contribution in [3.8, 4) is 17.2 Å². The van der Waals surface area contributed by atoms with E-state index in [1.165, 1.54) is 6.07 Å². The fourth-order valence-corrected chi connectivity index (χ4v) is 5.13. The Morgan fingerprint density at radius 3 is 2.42 bits per heavy atom. The molecular formula is C27H26ClFO4. The van der Waals surface area contributed by atoms with Crippen LogP contribution in [0.2, 0.25) is 0 Å². The average molecular weight is 469 g/mol. The second-order valence-corrected chi connectivity index (χ2v) is 9.17. The molecule has 1 N–H and O–H groups in total. The number of halogens is 2. The first kappa shape index (κ1) is 22.1. The van der Waals surface area contributed by atoms with E-state index in [0.29, 0.717) is 11.3 Å². The normalized spacial score (nSPS) is 24.6. The maximum atomic E-state index is 14.9. The Kier molecular flexibility index (Phi) is 6.17. The number of hydrogen-bond acceptors (Lipinski definition) is 4. The molecule has 5 rings (SSSR count). The van der Waals surface area contributed by atoms with E-state index in [1.54, 1.807) is 12.1 Å². The Bertz CT molecular complexity index is 1110. The van der Waals surface area contributed by atoms with E-state index in [1.807, 2.05) is 49.4 Å². The number of phenols is 1. The van der Waals surface area contributed by atoms with E-state index in [-0.39, 0.29) is 23.8 Å². The van der Waals surface area contributed by atoms with Gasteiger partial charge in [-0.25, -0.2) is 4.39 Å². The number of fused-ring (bicyclic) bond motifs is 1. The van der Waals surface area contributed by atoms with Crippen LogP contribution in [0, 0.1) is 12.7 Å². The summed E-state index contributed by atoms with van der Waals surface area (Å²) < 4.78 is 32.9. The van der Waals surface area contributed by atoms with E-state index in [4.69, 9.17) is 25.8 Å². The number of hydrogen-bond donors (Lipinski definition) is 1. The van der Waals surface area contributed by atoms with Crippen molar-refractivity contribution >= 4 is 11.6 Å². The van der Waals surface area contributed by atoms with Crippen LogP contribution in [0.25, 0.3) is 0 Å². The largest absolute Gasteiger partial charge is 0.508 e. The Morgan fingerprint density at radius 2 is 1.73 bits per heavy atom. The highest BCUT2D eigenvalue weighted by atomic mass is 35.5. The second kappa shape index (κ2) is 9.24. The van der Waals surface area contributed by atoms with Crippen molar-refractivity contribution in [3.63, 3.8) is 0 Å². The van der Waals surface area contributed by atoms with Crippen molar-refractivity contribution in [3.05, 3.63) is 88.7 Å². The van der Waals surface area contributed by atoms with Gasteiger partial charge in [0.25, 0.3) is 0 Å². The first-order valence-corrected chi connectivity index (χ1v) is 11.7. The van der Waals surface area contributed by atoms with Crippen molar-refractivity contribution in [2.45, 2.75) is 49.9 Å². The molecule has 0 bridgehead atoms. The highest BCUT2D eigenvalue weighted by molar-refractivity contribution is 6.21. The van der Waals surface area contributed by atoms with Gasteiger partial charge in [0.1, 0.15) is 29.2 Å². The number of aryl methyl sites for hydroxylation is 1. The van der Waals surface area contributed by atoms with Crippen LogP contribution in [0.3, 0.4) is 0 Å². The van der Waals surface area contributed by atoms with Gasteiger partial charge in [0.15, 0.2) is 6.29 Å². The zero-order chi connectivity index (χ0) is 22.9. The zero-order valence-corrected chi connectivity index (χ0v) is 19.1. The molecule has 172 valence electrons. The van der Waals surface area contributed by atoms with Crippen molar-refractivity contribution in [1.82, 2.24) is 0 Å². The summed E-state index contributed by atoms with van der Waals surface area (Å²) in [6, 6.07) is 17.8. The molecule has 3 aromatic carbocycles. The fraction of sp³-hybridized carbons (Fsp3) is 0.333. The van der Waals surface area contributed by atoms with Crippen LogP contribution in [0.5, 0.6) is 17.2 Å². The maximum Gasteiger partial charge on any atom is 0.199 e. The molecule has 0 radical (unpaired) electrons. The van der Waals surface area contributed by atoms with Crippen LogP contribution >= 0.6 is 11.6 Å². The topological polar surface area (TPSA) is 47.9 Å². The molecule has 2 heterocycles. The fourth-order valence-electron chi connectivity index (χ4n) is 4.64. The Hall–Kier alpha value is -2.76. The van der Waals surface area contributed by atoms with E-state index in [0.717, 1.165) is 48.3 Å². The minimum absolute atomic E-state index is 0.169. The van der Waals surface area contributed by atoms with Gasteiger partial charge < -0.3 is 19.3 Å². The lowest BCUT2D eigenvalue weighted by molar-refractivity contribution is -0.105. The third-order valence-corrected chi connectivity index (χ3v) is 6.79. The molecule has 2 aliphatic rings. The molecule has 0 amide bonds. The van der Waals surface area contributed by atoms with Gasteiger partial charge in [0, 0.05) is 17.9 Å². The number of ether oxygens (including phenoxy) is 3. The Morgan fingerprint density at radius 1 is 1.00 bits per heavy atom. The SMILES string of the molecule is Cc1cc(F)c2c(c1)OC(c1ccc(O)cc1)C(c1ccc(OC3CCCCO3)cc1)C2Cl. The quantitative estimate of drug-likeness (QED) is 0.421. The number of rotatable bonds is 4. The molecule has 1 saturated heterocycles. The van der Waals surface area contributed by atoms with Crippen LogP contribution < -0.4 is 9.47 Å². The summed E-state index contributed by atoms with van der Waals surface area (Å²) >= 11 is 6.96. The number of aromatic hydroxyl groups is 1. The summed E-state index contributed by atoms with van der Waals surface area (Å²) in [6.45, 7) is 2.54. The van der Waals surface area contributed by atoms with E-state index in [2.05, 4.69) is 0 Å². The van der Waals surface area contributed by atoms with Crippen molar-refractivity contribution < 1.29 is 23.7 Å². The summed E-state index contributed by atoms with van der Waals surface area (Å²) in [5.41, 5.74) is 2.91. The molecule has 2 aliphatic heterocycles. The van der Waals surface area contributed by atoms with E-state index < -0.39 is 11.5 Å². The smallest absolute Gasteiger partial charge is 0.199 e. The Labute approximate surface area is 197 Å². The van der Waals surface area contributed by atoms with Gasteiger partial charge in [-0.15, -0.1) is 11.6 Å². The van der Waals surface area contributed by atoms with Crippen LogP contribution in [0.1, 0.15) is 58.9 Å². The lowest BCUT2D eigenvalue weighted by Gasteiger charge is -2.38. The minimum atomic E-state index is -0.637. The molecule has 0 aliphatic carbocycles. The predicted molar refractivity (Wildman–Crippen MR) is 125 cm³/mol. The van der Waals surface area contributed by atoms with Crippen molar-refractivity contribution in [2.24, 2.45) is 0 Å². The summed E-state index contributed by atoms with van der Waals surface area (Å²) in [5.74, 6) is 0.629. The number of alkyl halides is 1. The van der Waals surface area contributed by atoms with Crippen molar-refractivity contribution in [2.75, 3.05) is 6.61 Å². The highest BCUT2D eigenvalue weighted by Crippen LogP contribution is 2.54. The Balaban J connectivity index is 1.50. The van der Waals surface area contributed by atoms with Crippen LogP contribution in [-0.2, 0) is 4.74 Å². The molecule has 0 spiro atoms. The summed E-state index contributed by atoms with van der Waals surface area (Å²) in [4.78, 5) is 0. The average Bonchev–Trinajstić information content (AvgIpc) is 2.80. The third kappa shape index (κ3) is 4.53. The van der Waals surface area contributed by atoms with E-state index >= 15 is 0 Å². The van der Waals surface area contributed by atoms with Gasteiger partial charge in [0.2, 0.25) is 0 Å². The van der Waals surface area contributed by atoms with Gasteiger partial charge in [-0.1, -0.05) is 24.3 Å². The molecule has 3 aromatic rings. The van der Waals surface area contributed by atoms with Gasteiger partial charge in [0.05, 0.1) is 12.0 Å². The molecule has 33 heavy (non-hydrogen) atoms. The molecule has 4 unspecified atom stereocenters. The van der Waals surface area contributed by atoms with Gasteiger partial charge in [-0.3, -0.25) is 0 Å². The van der Waals surface area contributed by atoms with Crippen LogP contribution in [0.4, 0.5) is 4.39 Å². The molecule has 0 saturated carbocycles. The predicted octanol–water partition coefficient (Wildman–Crippen LogP) is 6.94. The molecule has 4 atom stereocenters. The summed E-state index contributed by atoms with van der Waals surface area (Å²) in [7, 11) is 0. The molecule has 0 aromatic heterocycles. The van der Waals surface area contributed by atoms with E-state index in [9.17, 15) is 9.50 Å². The molecule has 6 heteroatoms. The van der Waals surface area contributed by atoms with Crippen LogP contribution in [-0.4, -0.2) is 18.0 Å². The summed E-state index contributed by atoms with van der Waals surface area (Å²) in [6.07, 6.45) is 2.36. The molecule has 4 nitrogen and oxygen atoms in total. The van der Waals surface area contributed by atoms with Gasteiger partial charge in [-0.05, 0) is 72.9 Å². The minimum Gasteiger partial charge on any atom is -0.508 e. The van der Waals surface area contributed by atoms with Gasteiger partial charge >= 0.3 is 0 Å². The first-order chi connectivity index (χ1) is 16.0. The lowest BCUT2D eigenvalue weighted by Crippen LogP contribution is -2.27. The third-order valence-electron chi connectivity index (χ3n) is 6.30. The summed E-state index contributed by atoms with van der Waals surface area (Å²) in [5, 5.41) is 9.11. The highest BCUT2D eigenvalue weighted by Gasteiger charge is 2.41. The monoisotopic (exact) mass is 468 g/mol. The maximum absolute atomic E-state index is 14.9. The number of phenolic OH excluding ortho intramolecular Hbond substituents is 1. The van der Waals surface area contributed by atoms with Crippen molar-refractivity contribution in [1.29, 1.82) is 0 Å². The number of benzene rings is 3. The standard InChI is InChI=1S/C27H26ClFO4/c1-16-14-21(29)25-22(15-16)33-27(18-5-9-19(30)10-6-18)24(26(25)28)17-7-11-20(12-8-17)32-23-4-2-3-13-31-23/h5-12,14-15,23-24,26-27,30H,2-4,13H2,1H3. The lowest BCUT2D eigenvalue weighted by atomic mass is 9.81. The second-order valence-electron chi connectivity index (χ2n) is 8.70. The van der Waals surface area contributed by atoms with Crippen LogP contribution in [0.15, 0.2) is 60.7 Å². The van der Waals surface area contributed by atoms with Gasteiger partial charge in [-0.2, -0.15) is 0 Å². The first-order valence-electron chi connectivity index (χ1n) is 11.3. The molecule has 1 fully saturated rings. The molecular weight excluding hydrogens is 443 g/mol. The zero-order valence-electron chi connectivity index (χ0n) is 18.3.